The van der Waals surface area contributed by atoms with Crippen molar-refractivity contribution >= 4 is 40.8 Å². The number of carbonyl (C=O) groups is 3. The molecule has 0 aliphatic heterocycles. The summed E-state index contributed by atoms with van der Waals surface area (Å²) in [6, 6.07) is 0. The summed E-state index contributed by atoms with van der Waals surface area (Å²) in [4.78, 5) is 39.2. The number of carboxylic acid groups (broad SMARTS) is 1. The number of rotatable bonds is 7. The van der Waals surface area contributed by atoms with Gasteiger partial charge in [0.05, 0.1) is 0 Å². The van der Waals surface area contributed by atoms with Crippen LogP contribution in [0, 0.1) is 0 Å². The van der Waals surface area contributed by atoms with Gasteiger partial charge in [-0.2, -0.15) is 0 Å². The van der Waals surface area contributed by atoms with Crippen LogP contribution in [0.15, 0.2) is 10.5 Å². The minimum atomic E-state index is -1.21. The fourth-order valence-electron chi connectivity index (χ4n) is 0.794. The van der Waals surface area contributed by atoms with Crippen LogP contribution in [-0.2, 0) is 19.2 Å². The van der Waals surface area contributed by atoms with Crippen LogP contribution in [-0.4, -0.2) is 41.1 Å². The number of anilines is 1. The number of carboxylic acids is 1. The van der Waals surface area contributed by atoms with E-state index in [2.05, 4.69) is 20.3 Å². The Morgan fingerprint density at radius 3 is 3.00 bits per heavy atom. The molecule has 9 heteroatoms. The molecular formula is C8H7N3O5S. The van der Waals surface area contributed by atoms with E-state index >= 15 is 0 Å². The lowest BCUT2D eigenvalue weighted by Gasteiger charge is -1.95. The fraction of sp³-hybridized carbons (Fsp3) is 0.125. The first-order chi connectivity index (χ1) is 8.17. The smallest absolute Gasteiger partial charge is 0.344 e. The number of oxime groups is 1. The quantitative estimate of drug-likeness (QED) is 0.394. The lowest BCUT2D eigenvalue weighted by molar-refractivity contribution is -0.142. The highest BCUT2D eigenvalue weighted by atomic mass is 32.1. The first-order valence-electron chi connectivity index (χ1n) is 4.20. The largest absolute Gasteiger partial charge is 0.479 e. The molecular weight excluding hydrogens is 250 g/mol. The van der Waals surface area contributed by atoms with Gasteiger partial charge in [0, 0.05) is 5.38 Å². The van der Waals surface area contributed by atoms with Gasteiger partial charge in [-0.1, -0.05) is 5.16 Å². The highest BCUT2D eigenvalue weighted by Gasteiger charge is 2.09. The van der Waals surface area contributed by atoms with Crippen molar-refractivity contribution in [2.24, 2.45) is 5.16 Å². The van der Waals surface area contributed by atoms with Crippen LogP contribution in [0.25, 0.3) is 0 Å². The molecule has 17 heavy (non-hydrogen) atoms. The van der Waals surface area contributed by atoms with Crippen LogP contribution in [0.5, 0.6) is 0 Å². The number of aromatic nitrogens is 1. The number of aldehydes is 1. The number of nitrogens with zero attached hydrogens (tertiary/aromatic N) is 2. The Bertz CT molecular complexity index is 456. The van der Waals surface area contributed by atoms with E-state index < -0.39 is 12.6 Å². The molecule has 0 spiro atoms. The predicted molar refractivity (Wildman–Crippen MR) is 58.0 cm³/mol. The minimum Gasteiger partial charge on any atom is -0.479 e. The molecule has 0 bridgehead atoms. The lowest BCUT2D eigenvalue weighted by Crippen LogP contribution is -2.08. The van der Waals surface area contributed by atoms with Crippen LogP contribution in [0.1, 0.15) is 5.69 Å². The standard InChI is InChI=1S/C8H7N3O5S/c12-1-5(11-16-2-7(14)15)6-3-17-8(10-6)9-4-13/h1,3-4H,2H2,(H,14,15)(H,9,10,13). The predicted octanol–water partition coefficient (Wildman–Crippen LogP) is -0.284. The second-order valence-corrected chi connectivity index (χ2v) is 3.42. The molecule has 0 aliphatic carbocycles. The molecule has 1 aromatic rings. The molecule has 0 saturated carbocycles. The Hall–Kier alpha value is -2.29. The van der Waals surface area contributed by atoms with Crippen molar-refractivity contribution in [3.63, 3.8) is 0 Å². The van der Waals surface area contributed by atoms with E-state index in [1.54, 1.807) is 0 Å². The van der Waals surface area contributed by atoms with E-state index in [0.29, 0.717) is 17.8 Å². The van der Waals surface area contributed by atoms with E-state index in [1.165, 1.54) is 5.38 Å². The summed E-state index contributed by atoms with van der Waals surface area (Å²) in [5.41, 5.74) is 0.0428. The minimum absolute atomic E-state index is 0.151. The number of aliphatic carboxylic acids is 1. The molecule has 0 radical (unpaired) electrons. The Morgan fingerprint density at radius 2 is 2.41 bits per heavy atom. The second-order valence-electron chi connectivity index (χ2n) is 2.56. The summed E-state index contributed by atoms with van der Waals surface area (Å²) in [6.45, 7) is -0.652. The van der Waals surface area contributed by atoms with Gasteiger partial charge in [0.2, 0.25) is 13.0 Å². The van der Waals surface area contributed by atoms with Gasteiger partial charge in [0.25, 0.3) is 0 Å². The summed E-state index contributed by atoms with van der Waals surface area (Å²) in [5.74, 6) is -1.21. The van der Waals surface area contributed by atoms with Gasteiger partial charge in [-0.25, -0.2) is 9.78 Å². The lowest BCUT2D eigenvalue weighted by atomic mass is 10.3. The number of nitrogens with one attached hydrogen (secondary N) is 1. The zero-order valence-corrected chi connectivity index (χ0v) is 9.14. The van der Waals surface area contributed by atoms with Crippen molar-refractivity contribution in [1.82, 2.24) is 4.98 Å². The van der Waals surface area contributed by atoms with E-state index in [0.717, 1.165) is 11.3 Å². The van der Waals surface area contributed by atoms with Crippen molar-refractivity contribution < 1.29 is 24.3 Å². The molecule has 0 aromatic carbocycles. The van der Waals surface area contributed by atoms with Gasteiger partial charge in [-0.15, -0.1) is 11.3 Å². The summed E-state index contributed by atoms with van der Waals surface area (Å²) >= 11 is 1.09. The number of thiazole rings is 1. The Labute approximate surface area is 98.9 Å². The maximum atomic E-state index is 10.7. The Balaban J connectivity index is 2.74. The molecule has 1 aromatic heterocycles. The van der Waals surface area contributed by atoms with Gasteiger partial charge in [0.15, 0.2) is 17.1 Å². The number of hydrogen-bond acceptors (Lipinski definition) is 7. The molecule has 90 valence electrons. The van der Waals surface area contributed by atoms with Crippen LogP contribution in [0.3, 0.4) is 0 Å². The molecule has 0 fully saturated rings. The zero-order chi connectivity index (χ0) is 12.7. The molecule has 0 saturated heterocycles. The van der Waals surface area contributed by atoms with Crippen LogP contribution in [0.4, 0.5) is 5.13 Å². The van der Waals surface area contributed by atoms with Gasteiger partial charge >= 0.3 is 5.97 Å². The molecule has 8 nitrogen and oxygen atoms in total. The number of amides is 1. The van der Waals surface area contributed by atoms with Crippen molar-refractivity contribution in [2.75, 3.05) is 11.9 Å². The van der Waals surface area contributed by atoms with E-state index in [4.69, 9.17) is 5.11 Å². The van der Waals surface area contributed by atoms with Crippen molar-refractivity contribution in [3.05, 3.63) is 11.1 Å². The summed E-state index contributed by atoms with van der Waals surface area (Å²) in [5, 5.41) is 15.7. The molecule has 1 heterocycles. The first-order valence-corrected chi connectivity index (χ1v) is 5.08. The van der Waals surface area contributed by atoms with Crippen molar-refractivity contribution in [1.29, 1.82) is 0 Å². The Kier molecular flexibility index (Phi) is 4.76. The van der Waals surface area contributed by atoms with Crippen LogP contribution < -0.4 is 5.32 Å². The highest BCUT2D eigenvalue weighted by molar-refractivity contribution is 7.14. The third-order valence-electron chi connectivity index (χ3n) is 1.41. The third kappa shape index (κ3) is 3.99. The van der Waals surface area contributed by atoms with E-state index in [1.807, 2.05) is 0 Å². The summed E-state index contributed by atoms with van der Waals surface area (Å²) in [7, 11) is 0. The van der Waals surface area contributed by atoms with Crippen molar-refractivity contribution in [3.8, 4) is 0 Å². The maximum Gasteiger partial charge on any atom is 0.344 e. The number of carbonyl (C=O) groups excluding carboxylic acids is 2. The van der Waals surface area contributed by atoms with Gasteiger partial charge < -0.3 is 15.3 Å². The highest BCUT2D eigenvalue weighted by Crippen LogP contribution is 2.14. The third-order valence-corrected chi connectivity index (χ3v) is 2.19. The average Bonchev–Trinajstić information content (AvgIpc) is 2.73. The van der Waals surface area contributed by atoms with E-state index in [-0.39, 0.29) is 11.4 Å². The van der Waals surface area contributed by atoms with Gasteiger partial charge in [0.1, 0.15) is 5.69 Å². The zero-order valence-electron chi connectivity index (χ0n) is 8.32. The molecule has 2 N–H and O–H groups in total. The van der Waals surface area contributed by atoms with Crippen LogP contribution in [0.2, 0.25) is 0 Å². The maximum absolute atomic E-state index is 10.7. The fourth-order valence-corrected chi connectivity index (χ4v) is 1.46. The van der Waals surface area contributed by atoms with Gasteiger partial charge in [-0.3, -0.25) is 9.59 Å². The Morgan fingerprint density at radius 1 is 1.65 bits per heavy atom. The molecule has 0 unspecified atom stereocenters. The molecule has 0 aliphatic rings. The number of hydrogen-bond donors (Lipinski definition) is 2. The van der Waals surface area contributed by atoms with Crippen molar-refractivity contribution in [2.45, 2.75) is 0 Å². The topological polar surface area (TPSA) is 118 Å². The molecule has 1 amide bonds. The normalized spacial score (nSPS) is 10.7. The van der Waals surface area contributed by atoms with E-state index in [9.17, 15) is 14.4 Å². The van der Waals surface area contributed by atoms with Gasteiger partial charge in [-0.05, 0) is 0 Å². The van der Waals surface area contributed by atoms with Crippen LogP contribution >= 0.6 is 11.3 Å². The molecule has 0 atom stereocenters. The SMILES string of the molecule is O=CNc1nc(C(C=O)=NOCC(=O)O)cs1. The monoisotopic (exact) mass is 257 g/mol. The first kappa shape index (κ1) is 12.8. The summed E-state index contributed by atoms with van der Waals surface area (Å²) < 4.78 is 0. The second kappa shape index (κ2) is 6.33. The summed E-state index contributed by atoms with van der Waals surface area (Å²) in [6.07, 6.45) is 0.822. The average molecular weight is 257 g/mol. The molecule has 1 rings (SSSR count).